The second kappa shape index (κ2) is 3.74. The second-order valence-corrected chi connectivity index (χ2v) is 3.45. The van der Waals surface area contributed by atoms with Crippen molar-refractivity contribution in [3.63, 3.8) is 0 Å². The lowest BCUT2D eigenvalue weighted by molar-refractivity contribution is -0.117. The number of Topliss-reactive ketones (excluding diaryl/α,β-unsaturated/α-hetero) is 1. The molecular formula is C10H13NO3. The van der Waals surface area contributed by atoms with E-state index in [1.54, 1.807) is 6.92 Å². The highest BCUT2D eigenvalue weighted by Gasteiger charge is 2.16. The summed E-state index contributed by atoms with van der Waals surface area (Å²) in [7, 11) is 0. The fourth-order valence-electron chi connectivity index (χ4n) is 1.50. The minimum atomic E-state index is 0.233. The average molecular weight is 195 g/mol. The maximum absolute atomic E-state index is 10.7. The maximum Gasteiger partial charge on any atom is 0.237 e. The van der Waals surface area contributed by atoms with Gasteiger partial charge in [0.15, 0.2) is 5.75 Å². The minimum Gasteiger partial charge on any atom is -0.452 e. The Bertz CT molecular complexity index is 322. The number of aromatic amines is 1. The van der Waals surface area contributed by atoms with Gasteiger partial charge in [0.2, 0.25) is 12.7 Å². The van der Waals surface area contributed by atoms with Gasteiger partial charge in [0.25, 0.3) is 0 Å². The highest BCUT2D eigenvalue weighted by atomic mass is 16.7. The van der Waals surface area contributed by atoms with Gasteiger partial charge >= 0.3 is 0 Å². The number of hydrogen-bond acceptors (Lipinski definition) is 3. The number of ether oxygens (including phenoxy) is 2. The highest BCUT2D eigenvalue weighted by Crippen LogP contribution is 2.32. The lowest BCUT2D eigenvalue weighted by atomic mass is 10.1. The summed E-state index contributed by atoms with van der Waals surface area (Å²) in [5.74, 6) is 1.72. The number of carbonyl (C=O) groups is 1. The smallest absolute Gasteiger partial charge is 0.237 e. The Hall–Kier alpha value is -1.45. The van der Waals surface area contributed by atoms with Gasteiger partial charge in [-0.15, -0.1) is 0 Å². The van der Waals surface area contributed by atoms with E-state index in [9.17, 15) is 4.79 Å². The lowest BCUT2D eigenvalue weighted by Crippen LogP contribution is -1.97. The summed E-state index contributed by atoms with van der Waals surface area (Å²) < 4.78 is 10.3. The molecule has 0 aliphatic carbocycles. The van der Waals surface area contributed by atoms with Crippen LogP contribution in [0.15, 0.2) is 6.07 Å². The molecule has 1 N–H and O–H groups in total. The fourth-order valence-corrected chi connectivity index (χ4v) is 1.50. The van der Waals surface area contributed by atoms with Crippen molar-refractivity contribution >= 4 is 5.78 Å². The van der Waals surface area contributed by atoms with Crippen molar-refractivity contribution in [2.45, 2.75) is 26.2 Å². The summed E-state index contributed by atoms with van der Waals surface area (Å²) in [6, 6.07) is 1.93. The summed E-state index contributed by atoms with van der Waals surface area (Å²) >= 11 is 0. The molecule has 0 radical (unpaired) electrons. The van der Waals surface area contributed by atoms with E-state index < -0.39 is 0 Å². The molecule has 4 nitrogen and oxygen atoms in total. The van der Waals surface area contributed by atoms with E-state index in [-0.39, 0.29) is 5.78 Å². The maximum atomic E-state index is 10.7. The first kappa shape index (κ1) is 9.12. The number of ketones is 1. The molecule has 0 fully saturated rings. The van der Waals surface area contributed by atoms with Crippen LogP contribution in [0.5, 0.6) is 11.6 Å². The summed E-state index contributed by atoms with van der Waals surface area (Å²) in [5, 5.41) is 0. The van der Waals surface area contributed by atoms with E-state index in [4.69, 9.17) is 9.47 Å². The van der Waals surface area contributed by atoms with Gasteiger partial charge in [-0.3, -0.25) is 0 Å². The van der Waals surface area contributed by atoms with Gasteiger partial charge in [-0.25, -0.2) is 0 Å². The molecule has 76 valence electrons. The number of carbonyl (C=O) groups excluding carboxylic acids is 1. The number of aromatic nitrogens is 1. The summed E-state index contributed by atoms with van der Waals surface area (Å²) in [5.41, 5.74) is 1.07. The second-order valence-electron chi connectivity index (χ2n) is 3.45. The minimum absolute atomic E-state index is 0.233. The molecule has 4 heteroatoms. The Kier molecular flexibility index (Phi) is 2.43. The lowest BCUT2D eigenvalue weighted by Gasteiger charge is -1.97. The molecule has 0 aromatic carbocycles. The summed E-state index contributed by atoms with van der Waals surface area (Å²) in [6.45, 7) is 1.91. The number of fused-ring (bicyclic) bond motifs is 1. The molecule has 0 saturated heterocycles. The van der Waals surface area contributed by atoms with Crippen molar-refractivity contribution in [1.82, 2.24) is 4.98 Å². The van der Waals surface area contributed by atoms with Gasteiger partial charge in [-0.05, 0) is 19.8 Å². The molecule has 0 bridgehead atoms. The standard InChI is InChI=1S/C10H13NO3/c1-7(12)3-2-4-8-5-9-10(11-8)14-6-13-9/h5,11H,2-4,6H2,1H3. The van der Waals surface area contributed by atoms with Crippen molar-refractivity contribution in [1.29, 1.82) is 0 Å². The van der Waals surface area contributed by atoms with E-state index in [0.717, 1.165) is 24.3 Å². The highest BCUT2D eigenvalue weighted by molar-refractivity contribution is 5.75. The van der Waals surface area contributed by atoms with Crippen LogP contribution in [0.2, 0.25) is 0 Å². The quantitative estimate of drug-likeness (QED) is 0.794. The number of H-pyrrole nitrogens is 1. The van der Waals surface area contributed by atoms with Crippen LogP contribution in [-0.2, 0) is 11.2 Å². The fraction of sp³-hybridized carbons (Fsp3) is 0.500. The van der Waals surface area contributed by atoms with Crippen molar-refractivity contribution < 1.29 is 14.3 Å². The Balaban J connectivity index is 1.88. The molecule has 1 aliphatic heterocycles. The third-order valence-corrected chi connectivity index (χ3v) is 2.20. The van der Waals surface area contributed by atoms with Crippen LogP contribution in [0.25, 0.3) is 0 Å². The molecule has 0 saturated carbocycles. The molecule has 1 aromatic heterocycles. The molecule has 1 aromatic rings. The first-order valence-corrected chi connectivity index (χ1v) is 4.72. The first-order valence-electron chi connectivity index (χ1n) is 4.72. The molecule has 0 unspecified atom stereocenters. The van der Waals surface area contributed by atoms with Crippen LogP contribution < -0.4 is 9.47 Å². The third kappa shape index (κ3) is 1.89. The predicted molar refractivity (Wildman–Crippen MR) is 50.5 cm³/mol. The zero-order valence-corrected chi connectivity index (χ0v) is 8.13. The SMILES string of the molecule is CC(=O)CCCc1cc2c([nH]1)OCO2. The normalized spacial score (nSPS) is 13.2. The number of rotatable bonds is 4. The molecular weight excluding hydrogens is 182 g/mol. The summed E-state index contributed by atoms with van der Waals surface area (Å²) in [6.07, 6.45) is 2.36. The van der Waals surface area contributed by atoms with Crippen molar-refractivity contribution in [3.8, 4) is 11.6 Å². The first-order chi connectivity index (χ1) is 6.75. The van der Waals surface area contributed by atoms with Crippen molar-refractivity contribution in [3.05, 3.63) is 11.8 Å². The Morgan fingerprint density at radius 1 is 1.57 bits per heavy atom. The zero-order valence-electron chi connectivity index (χ0n) is 8.13. The van der Waals surface area contributed by atoms with Crippen LogP contribution in [-0.4, -0.2) is 17.6 Å². The largest absolute Gasteiger partial charge is 0.452 e. The Labute approximate surface area is 82.2 Å². The van der Waals surface area contributed by atoms with E-state index in [1.165, 1.54) is 0 Å². The molecule has 0 spiro atoms. The van der Waals surface area contributed by atoms with Crippen LogP contribution in [0.1, 0.15) is 25.5 Å². The molecule has 0 atom stereocenters. The number of nitrogens with one attached hydrogen (secondary N) is 1. The van der Waals surface area contributed by atoms with E-state index >= 15 is 0 Å². The average Bonchev–Trinajstić information content (AvgIpc) is 2.62. The van der Waals surface area contributed by atoms with Crippen LogP contribution >= 0.6 is 0 Å². The number of aryl methyl sites for hydroxylation is 1. The molecule has 1 aliphatic rings. The zero-order chi connectivity index (χ0) is 9.97. The number of hydrogen-bond donors (Lipinski definition) is 1. The van der Waals surface area contributed by atoms with Crippen LogP contribution in [0, 0.1) is 0 Å². The van der Waals surface area contributed by atoms with Gasteiger partial charge < -0.3 is 19.3 Å². The monoisotopic (exact) mass is 195 g/mol. The van der Waals surface area contributed by atoms with E-state index in [0.29, 0.717) is 19.1 Å². The predicted octanol–water partition coefficient (Wildman–Crippen LogP) is 1.66. The molecule has 2 rings (SSSR count). The van der Waals surface area contributed by atoms with Gasteiger partial charge in [0.05, 0.1) is 0 Å². The van der Waals surface area contributed by atoms with Gasteiger partial charge in [-0.2, -0.15) is 0 Å². The van der Waals surface area contributed by atoms with Crippen molar-refractivity contribution in [2.24, 2.45) is 0 Å². The Morgan fingerprint density at radius 3 is 3.14 bits per heavy atom. The van der Waals surface area contributed by atoms with Crippen LogP contribution in [0.4, 0.5) is 0 Å². The van der Waals surface area contributed by atoms with Crippen molar-refractivity contribution in [2.75, 3.05) is 6.79 Å². The molecule has 0 amide bonds. The van der Waals surface area contributed by atoms with Crippen LogP contribution in [0.3, 0.4) is 0 Å². The van der Waals surface area contributed by atoms with E-state index in [1.807, 2.05) is 6.07 Å². The molecule has 2 heterocycles. The summed E-state index contributed by atoms with van der Waals surface area (Å²) in [4.78, 5) is 13.8. The topological polar surface area (TPSA) is 51.3 Å². The van der Waals surface area contributed by atoms with Gasteiger partial charge in [-0.1, -0.05) is 0 Å². The van der Waals surface area contributed by atoms with Gasteiger partial charge in [0, 0.05) is 18.2 Å². The third-order valence-electron chi connectivity index (χ3n) is 2.20. The van der Waals surface area contributed by atoms with E-state index in [2.05, 4.69) is 4.98 Å². The molecule has 14 heavy (non-hydrogen) atoms. The Morgan fingerprint density at radius 2 is 2.43 bits per heavy atom. The van der Waals surface area contributed by atoms with Gasteiger partial charge in [0.1, 0.15) is 5.78 Å².